The van der Waals surface area contributed by atoms with Gasteiger partial charge in [-0.1, -0.05) is 12.1 Å². The lowest BCUT2D eigenvalue weighted by molar-refractivity contribution is -0.145. The zero-order valence-electron chi connectivity index (χ0n) is 11.9. The molecule has 2 rings (SSSR count). The molecule has 1 aromatic rings. The Balaban J connectivity index is 2.48. The second kappa shape index (κ2) is 5.96. The van der Waals surface area contributed by atoms with Gasteiger partial charge in [0.05, 0.1) is 12.4 Å². The molecule has 0 aromatic heterocycles. The predicted molar refractivity (Wildman–Crippen MR) is 85.0 cm³/mol. The van der Waals surface area contributed by atoms with Crippen LogP contribution >= 0.6 is 15.9 Å². The van der Waals surface area contributed by atoms with Gasteiger partial charge in [-0.25, -0.2) is 13.2 Å². The maximum absolute atomic E-state index is 12.3. The van der Waals surface area contributed by atoms with Gasteiger partial charge in [0, 0.05) is 16.4 Å². The van der Waals surface area contributed by atoms with Gasteiger partial charge in [-0.2, -0.15) is 0 Å². The molecular formula is C14H18BrNO4S. The molecule has 1 aliphatic carbocycles. The number of anilines is 1. The minimum Gasteiger partial charge on any atom is -0.467 e. The highest BCUT2D eigenvalue weighted by atomic mass is 79.9. The summed E-state index contributed by atoms with van der Waals surface area (Å²) in [4.78, 5) is 12.3. The molecule has 1 N–H and O–H groups in total. The second-order valence-electron chi connectivity index (χ2n) is 5.28. The van der Waals surface area contributed by atoms with Crippen molar-refractivity contribution in [1.29, 1.82) is 0 Å². The summed E-state index contributed by atoms with van der Waals surface area (Å²) in [5.41, 5.74) is -0.551. The lowest BCUT2D eigenvalue weighted by Gasteiger charge is -2.33. The summed E-state index contributed by atoms with van der Waals surface area (Å²) < 4.78 is 29.8. The number of sulfone groups is 1. The van der Waals surface area contributed by atoms with Crippen molar-refractivity contribution in [3.63, 3.8) is 0 Å². The number of benzene rings is 1. The number of ether oxygens (including phenoxy) is 1. The average Bonchev–Trinajstić information content (AvgIpc) is 2.85. The molecule has 2 unspecified atom stereocenters. The molecule has 1 aliphatic rings. The minimum absolute atomic E-state index is 0.429. The summed E-state index contributed by atoms with van der Waals surface area (Å²) in [6, 6.07) is 7.30. The van der Waals surface area contributed by atoms with Crippen LogP contribution in [0, 0.1) is 0 Å². The van der Waals surface area contributed by atoms with Gasteiger partial charge in [0.2, 0.25) is 0 Å². The summed E-state index contributed by atoms with van der Waals surface area (Å²) >= 11 is 3.41. The maximum atomic E-state index is 12.3. The molecule has 116 valence electrons. The van der Waals surface area contributed by atoms with E-state index >= 15 is 0 Å². The van der Waals surface area contributed by atoms with Crippen LogP contribution < -0.4 is 5.32 Å². The second-order valence-corrected chi connectivity index (χ2v) is 8.36. The zero-order chi connectivity index (χ0) is 15.7. The van der Waals surface area contributed by atoms with Crippen molar-refractivity contribution in [1.82, 2.24) is 0 Å². The summed E-state index contributed by atoms with van der Waals surface area (Å²) in [6.45, 7) is 0. The van der Waals surface area contributed by atoms with Crippen LogP contribution in [0.4, 0.5) is 5.69 Å². The molecule has 2 atom stereocenters. The summed E-state index contributed by atoms with van der Waals surface area (Å²) in [7, 11) is -2.10. The Kier molecular flexibility index (Phi) is 4.63. The number of para-hydroxylation sites is 1. The Morgan fingerprint density at radius 2 is 2.10 bits per heavy atom. The van der Waals surface area contributed by atoms with Crippen molar-refractivity contribution >= 4 is 37.4 Å². The van der Waals surface area contributed by atoms with Crippen LogP contribution in [0.2, 0.25) is 0 Å². The molecule has 0 radical (unpaired) electrons. The summed E-state index contributed by atoms with van der Waals surface area (Å²) in [5, 5.41) is 2.34. The van der Waals surface area contributed by atoms with Crippen LogP contribution in [0.5, 0.6) is 0 Å². The zero-order valence-corrected chi connectivity index (χ0v) is 14.3. The van der Waals surface area contributed by atoms with Gasteiger partial charge in [0.1, 0.15) is 0 Å². The average molecular weight is 376 g/mol. The van der Waals surface area contributed by atoms with E-state index in [4.69, 9.17) is 4.74 Å². The topological polar surface area (TPSA) is 72.5 Å². The highest BCUT2D eigenvalue weighted by Gasteiger charge is 2.54. The SMILES string of the molecule is COC(=O)C1(Nc2ccccc2Br)CCCC1S(C)(=O)=O. The van der Waals surface area contributed by atoms with Crippen LogP contribution in [0.1, 0.15) is 19.3 Å². The molecule has 1 fully saturated rings. The lowest BCUT2D eigenvalue weighted by Crippen LogP contribution is -2.55. The van der Waals surface area contributed by atoms with Crippen LogP contribution in [0.15, 0.2) is 28.7 Å². The fourth-order valence-electron chi connectivity index (χ4n) is 2.97. The molecule has 7 heteroatoms. The quantitative estimate of drug-likeness (QED) is 0.817. The van der Waals surface area contributed by atoms with Gasteiger partial charge < -0.3 is 10.1 Å². The van der Waals surface area contributed by atoms with Crippen molar-refractivity contribution in [2.45, 2.75) is 30.1 Å². The van der Waals surface area contributed by atoms with Crippen LogP contribution in [-0.4, -0.2) is 38.5 Å². The lowest BCUT2D eigenvalue weighted by atomic mass is 9.96. The molecule has 0 spiro atoms. The fourth-order valence-corrected chi connectivity index (χ4v) is 4.95. The third kappa shape index (κ3) is 3.08. The van der Waals surface area contributed by atoms with E-state index in [-0.39, 0.29) is 0 Å². The Labute approximate surface area is 133 Å². The van der Waals surface area contributed by atoms with E-state index in [1.807, 2.05) is 18.2 Å². The molecule has 0 saturated heterocycles. The Morgan fingerprint density at radius 1 is 1.43 bits per heavy atom. The number of hydrogen-bond donors (Lipinski definition) is 1. The van der Waals surface area contributed by atoms with Crippen molar-refractivity contribution in [3.8, 4) is 0 Å². The molecule has 0 amide bonds. The first-order valence-electron chi connectivity index (χ1n) is 6.61. The van der Waals surface area contributed by atoms with Crippen LogP contribution in [0.3, 0.4) is 0 Å². The van der Waals surface area contributed by atoms with Crippen LogP contribution in [-0.2, 0) is 19.4 Å². The summed E-state index contributed by atoms with van der Waals surface area (Å²) in [5.74, 6) is -0.536. The summed E-state index contributed by atoms with van der Waals surface area (Å²) in [6.07, 6.45) is 2.71. The molecule has 1 aromatic carbocycles. The Hall–Kier alpha value is -1.08. The smallest absolute Gasteiger partial charge is 0.332 e. The van der Waals surface area contributed by atoms with Crippen LogP contribution in [0.25, 0.3) is 0 Å². The number of methoxy groups -OCH3 is 1. The van der Waals surface area contributed by atoms with Gasteiger partial charge in [-0.05, 0) is 47.3 Å². The van der Waals surface area contributed by atoms with Crippen molar-refractivity contribution in [2.24, 2.45) is 0 Å². The minimum atomic E-state index is -3.38. The number of carbonyl (C=O) groups is 1. The first kappa shape index (κ1) is 16.3. The molecule has 0 bridgehead atoms. The standard InChI is InChI=1S/C14H18BrNO4S/c1-20-13(17)14(9-5-8-12(14)21(2,18)19)16-11-7-4-3-6-10(11)15/h3-4,6-7,12,16H,5,8-9H2,1-2H3. The van der Waals surface area contributed by atoms with Crippen molar-refractivity contribution in [3.05, 3.63) is 28.7 Å². The van der Waals surface area contributed by atoms with E-state index in [0.29, 0.717) is 24.9 Å². The largest absolute Gasteiger partial charge is 0.467 e. The van der Waals surface area contributed by atoms with Gasteiger partial charge in [0.15, 0.2) is 15.4 Å². The van der Waals surface area contributed by atoms with E-state index in [1.54, 1.807) is 6.07 Å². The number of rotatable bonds is 4. The normalized spacial score (nSPS) is 25.6. The maximum Gasteiger partial charge on any atom is 0.332 e. The highest BCUT2D eigenvalue weighted by molar-refractivity contribution is 9.10. The van der Waals surface area contributed by atoms with E-state index in [9.17, 15) is 13.2 Å². The molecule has 21 heavy (non-hydrogen) atoms. The van der Waals surface area contributed by atoms with E-state index < -0.39 is 26.6 Å². The van der Waals surface area contributed by atoms with Gasteiger partial charge >= 0.3 is 5.97 Å². The Morgan fingerprint density at radius 3 is 2.67 bits per heavy atom. The van der Waals surface area contributed by atoms with E-state index in [2.05, 4.69) is 21.2 Å². The highest BCUT2D eigenvalue weighted by Crippen LogP contribution is 2.39. The molecule has 0 heterocycles. The van der Waals surface area contributed by atoms with E-state index in [1.165, 1.54) is 13.4 Å². The predicted octanol–water partition coefficient (Wildman–Crippen LogP) is 2.37. The number of halogens is 1. The molecule has 0 aliphatic heterocycles. The van der Waals surface area contributed by atoms with Crippen molar-refractivity contribution in [2.75, 3.05) is 18.7 Å². The van der Waals surface area contributed by atoms with Gasteiger partial charge in [-0.15, -0.1) is 0 Å². The van der Waals surface area contributed by atoms with Gasteiger partial charge in [0.25, 0.3) is 0 Å². The first-order valence-corrected chi connectivity index (χ1v) is 9.36. The Bertz CT molecular complexity index is 646. The third-order valence-electron chi connectivity index (χ3n) is 3.89. The molecular weight excluding hydrogens is 358 g/mol. The third-order valence-corrected chi connectivity index (χ3v) is 6.25. The molecule has 5 nitrogen and oxygen atoms in total. The fraction of sp³-hybridized carbons (Fsp3) is 0.500. The monoisotopic (exact) mass is 375 g/mol. The number of hydrogen-bond acceptors (Lipinski definition) is 5. The van der Waals surface area contributed by atoms with Gasteiger partial charge in [-0.3, -0.25) is 0 Å². The number of esters is 1. The first-order chi connectivity index (χ1) is 9.81. The van der Waals surface area contributed by atoms with Crippen molar-refractivity contribution < 1.29 is 17.9 Å². The number of nitrogens with one attached hydrogen (secondary N) is 1. The molecule has 1 saturated carbocycles. The van der Waals surface area contributed by atoms with E-state index in [0.717, 1.165) is 4.47 Å². The number of carbonyl (C=O) groups excluding carboxylic acids is 1.